The first-order valence-electron chi connectivity index (χ1n) is 6.65. The van der Waals surface area contributed by atoms with Crippen LogP contribution in [-0.2, 0) is 20.8 Å². The molecule has 22 heavy (non-hydrogen) atoms. The second-order valence-electron chi connectivity index (χ2n) is 3.97. The molecule has 11 nitrogen and oxygen atoms in total. The molecule has 0 bridgehead atoms. The fourth-order valence-electron chi connectivity index (χ4n) is 1.50. The van der Waals surface area contributed by atoms with Crippen LogP contribution < -0.4 is 0 Å². The van der Waals surface area contributed by atoms with Crippen LogP contribution in [0.3, 0.4) is 0 Å². The monoisotopic (exact) mass is 314 g/mol. The summed E-state index contributed by atoms with van der Waals surface area (Å²) in [4.78, 5) is 16.3. The van der Waals surface area contributed by atoms with Crippen molar-refractivity contribution in [2.45, 2.75) is 6.54 Å². The predicted octanol–water partition coefficient (Wildman–Crippen LogP) is 1.15. The van der Waals surface area contributed by atoms with Gasteiger partial charge in [-0.3, -0.25) is 0 Å². The van der Waals surface area contributed by atoms with Crippen molar-refractivity contribution in [1.29, 1.82) is 0 Å². The summed E-state index contributed by atoms with van der Waals surface area (Å²) in [6.07, 6.45) is 2.91. The van der Waals surface area contributed by atoms with Gasteiger partial charge in [0.25, 0.3) is 0 Å². The molecule has 0 amide bonds. The predicted molar refractivity (Wildman–Crippen MR) is 75.4 cm³/mol. The highest BCUT2D eigenvalue weighted by Gasteiger charge is 2.12. The van der Waals surface area contributed by atoms with E-state index in [4.69, 9.17) is 19.7 Å². The molecular formula is C11H18N6O5. The van der Waals surface area contributed by atoms with E-state index >= 15 is 0 Å². The highest BCUT2D eigenvalue weighted by molar-refractivity contribution is 5.06. The smallest absolute Gasteiger partial charge is 0.390 e. The normalized spacial score (nSPS) is 10.4. The van der Waals surface area contributed by atoms with Gasteiger partial charge in [0.05, 0.1) is 46.2 Å². The van der Waals surface area contributed by atoms with Gasteiger partial charge in [-0.2, -0.15) is 0 Å². The topological polar surface area (TPSA) is 137 Å². The zero-order valence-electron chi connectivity index (χ0n) is 12.0. The molecule has 1 aromatic rings. The summed E-state index contributed by atoms with van der Waals surface area (Å²) in [5.74, 6) is -0.197. The highest BCUT2D eigenvalue weighted by Crippen LogP contribution is 2.06. The average Bonchev–Trinajstić information content (AvgIpc) is 2.97. The third-order valence-electron chi connectivity index (χ3n) is 2.48. The van der Waals surface area contributed by atoms with Gasteiger partial charge in [0.1, 0.15) is 12.4 Å². The van der Waals surface area contributed by atoms with Gasteiger partial charge in [0.15, 0.2) is 0 Å². The fraction of sp³-hybridized carbons (Fsp3) is 0.727. The molecule has 0 saturated heterocycles. The molecule has 0 atom stereocenters. The third kappa shape index (κ3) is 7.55. The van der Waals surface area contributed by atoms with Gasteiger partial charge in [0.2, 0.25) is 0 Å². The Morgan fingerprint density at radius 1 is 1.23 bits per heavy atom. The van der Waals surface area contributed by atoms with Crippen LogP contribution in [-0.4, -0.2) is 60.7 Å². The Kier molecular flexibility index (Phi) is 9.30. The van der Waals surface area contributed by atoms with Crippen LogP contribution >= 0.6 is 0 Å². The molecule has 0 aliphatic carbocycles. The van der Waals surface area contributed by atoms with Crippen molar-refractivity contribution in [3.05, 3.63) is 33.0 Å². The number of imidazole rings is 1. The number of hydrogen-bond acceptors (Lipinski definition) is 7. The highest BCUT2D eigenvalue weighted by atomic mass is 16.6. The molecular weight excluding hydrogens is 296 g/mol. The molecule has 0 radical (unpaired) electrons. The molecule has 122 valence electrons. The van der Waals surface area contributed by atoms with Gasteiger partial charge < -0.3 is 24.3 Å². The zero-order chi connectivity index (χ0) is 16.0. The lowest BCUT2D eigenvalue weighted by Gasteiger charge is -2.06. The standard InChI is InChI=1S/C11H18N6O5/c12-15-14-2-5-20-7-9-22-10-8-21-6-4-16-3-1-13-11(16)17(18)19/h1,3H,2,4-10H2. The van der Waals surface area contributed by atoms with Crippen molar-refractivity contribution >= 4 is 5.95 Å². The van der Waals surface area contributed by atoms with E-state index < -0.39 is 4.92 Å². The Balaban J connectivity index is 1.92. The van der Waals surface area contributed by atoms with Crippen LogP contribution in [0, 0.1) is 10.1 Å². The first-order chi connectivity index (χ1) is 10.8. The van der Waals surface area contributed by atoms with Gasteiger partial charge >= 0.3 is 5.95 Å². The molecule has 1 rings (SSSR count). The minimum absolute atomic E-state index is 0.197. The van der Waals surface area contributed by atoms with Crippen molar-refractivity contribution in [2.24, 2.45) is 5.11 Å². The van der Waals surface area contributed by atoms with Gasteiger partial charge in [0, 0.05) is 11.5 Å². The average molecular weight is 314 g/mol. The summed E-state index contributed by atoms with van der Waals surface area (Å²) < 4.78 is 17.1. The summed E-state index contributed by atoms with van der Waals surface area (Å²) in [6.45, 7) is 3.01. The molecule has 0 spiro atoms. The van der Waals surface area contributed by atoms with Crippen molar-refractivity contribution in [2.75, 3.05) is 46.2 Å². The van der Waals surface area contributed by atoms with Crippen LogP contribution in [0.4, 0.5) is 5.95 Å². The summed E-state index contributed by atoms with van der Waals surface area (Å²) in [7, 11) is 0. The maximum atomic E-state index is 10.6. The number of rotatable bonds is 13. The number of hydrogen-bond donors (Lipinski definition) is 0. The summed E-state index contributed by atoms with van der Waals surface area (Å²) in [6, 6.07) is 0. The van der Waals surface area contributed by atoms with E-state index in [1.165, 1.54) is 17.0 Å². The Labute approximate surface area is 126 Å². The van der Waals surface area contributed by atoms with Crippen LogP contribution in [0.5, 0.6) is 0 Å². The van der Waals surface area contributed by atoms with Gasteiger partial charge in [-0.1, -0.05) is 10.1 Å². The SMILES string of the molecule is [N-]=[N+]=NCCOCCOCCOCCn1ccnc1[N+](=O)[O-]. The van der Waals surface area contributed by atoms with Crippen molar-refractivity contribution in [3.63, 3.8) is 0 Å². The molecule has 0 aliphatic rings. The molecule has 0 N–H and O–H groups in total. The Bertz CT molecular complexity index is 487. The Hall–Kier alpha value is -2.20. The van der Waals surface area contributed by atoms with Crippen molar-refractivity contribution in [1.82, 2.24) is 9.55 Å². The minimum atomic E-state index is -0.537. The number of nitrogens with zero attached hydrogens (tertiary/aromatic N) is 6. The molecule has 0 aromatic carbocycles. The molecule has 1 heterocycles. The van der Waals surface area contributed by atoms with E-state index in [1.807, 2.05) is 0 Å². The third-order valence-corrected chi connectivity index (χ3v) is 2.48. The molecule has 1 aromatic heterocycles. The fourth-order valence-corrected chi connectivity index (χ4v) is 1.50. The van der Waals surface area contributed by atoms with E-state index in [2.05, 4.69) is 15.0 Å². The molecule has 0 aliphatic heterocycles. The van der Waals surface area contributed by atoms with E-state index in [0.29, 0.717) is 52.7 Å². The van der Waals surface area contributed by atoms with Gasteiger partial charge in [-0.15, -0.1) is 0 Å². The number of nitro groups is 1. The van der Waals surface area contributed by atoms with E-state index in [0.717, 1.165) is 0 Å². The number of azide groups is 1. The van der Waals surface area contributed by atoms with Gasteiger partial charge in [-0.25, -0.2) is 4.57 Å². The summed E-state index contributed by atoms with van der Waals surface area (Å²) in [5, 5.41) is 14.0. The molecule has 11 heteroatoms. The lowest BCUT2D eigenvalue weighted by molar-refractivity contribution is -0.396. The first kappa shape index (κ1) is 17.9. The molecule has 0 saturated carbocycles. The van der Waals surface area contributed by atoms with Crippen molar-refractivity contribution in [3.8, 4) is 0 Å². The zero-order valence-corrected chi connectivity index (χ0v) is 12.0. The maximum absolute atomic E-state index is 10.6. The van der Waals surface area contributed by atoms with Crippen LogP contribution in [0.25, 0.3) is 10.4 Å². The lowest BCUT2D eigenvalue weighted by Crippen LogP contribution is -2.13. The van der Waals surface area contributed by atoms with Crippen LogP contribution in [0.2, 0.25) is 0 Å². The first-order valence-corrected chi connectivity index (χ1v) is 6.65. The second-order valence-corrected chi connectivity index (χ2v) is 3.97. The van der Waals surface area contributed by atoms with E-state index in [-0.39, 0.29) is 5.95 Å². The number of ether oxygens (including phenoxy) is 3. The van der Waals surface area contributed by atoms with E-state index in [1.54, 1.807) is 0 Å². The second kappa shape index (κ2) is 11.5. The quantitative estimate of drug-likeness (QED) is 0.134. The minimum Gasteiger partial charge on any atom is -0.390 e. The largest absolute Gasteiger partial charge is 0.434 e. The summed E-state index contributed by atoms with van der Waals surface area (Å²) in [5.41, 5.74) is 8.04. The lowest BCUT2D eigenvalue weighted by atomic mass is 10.6. The van der Waals surface area contributed by atoms with Crippen molar-refractivity contribution < 1.29 is 19.1 Å². The molecule has 0 fully saturated rings. The van der Waals surface area contributed by atoms with Gasteiger partial charge in [-0.05, 0) is 10.5 Å². The number of aromatic nitrogens is 2. The molecule has 0 unspecified atom stereocenters. The van der Waals surface area contributed by atoms with Crippen LogP contribution in [0.1, 0.15) is 0 Å². The van der Waals surface area contributed by atoms with Crippen LogP contribution in [0.15, 0.2) is 17.5 Å². The Morgan fingerprint density at radius 3 is 2.50 bits per heavy atom. The maximum Gasteiger partial charge on any atom is 0.434 e. The summed E-state index contributed by atoms with van der Waals surface area (Å²) >= 11 is 0. The van der Waals surface area contributed by atoms with E-state index in [9.17, 15) is 10.1 Å². The Morgan fingerprint density at radius 2 is 1.86 bits per heavy atom.